The lowest BCUT2D eigenvalue weighted by atomic mass is 10.0. The summed E-state index contributed by atoms with van der Waals surface area (Å²) in [4.78, 5) is 10.9. The standard InChI is InChI=1S/C13H17F2NO3/c1-3-11(13(18)19)16-7(2)12(17)9-6-8(14)4-5-10(9)15/h4-7,11-12,16-17H,3H2,1-2H3,(H,18,19). The van der Waals surface area contributed by atoms with Crippen molar-refractivity contribution in [2.24, 2.45) is 0 Å². The molecule has 1 aromatic carbocycles. The molecule has 106 valence electrons. The van der Waals surface area contributed by atoms with Gasteiger partial charge in [-0.2, -0.15) is 0 Å². The molecule has 0 spiro atoms. The van der Waals surface area contributed by atoms with Gasteiger partial charge >= 0.3 is 5.97 Å². The highest BCUT2D eigenvalue weighted by atomic mass is 19.1. The van der Waals surface area contributed by atoms with Gasteiger partial charge in [-0.3, -0.25) is 10.1 Å². The van der Waals surface area contributed by atoms with E-state index in [1.165, 1.54) is 6.92 Å². The fraction of sp³-hybridized carbons (Fsp3) is 0.462. The van der Waals surface area contributed by atoms with Gasteiger partial charge in [0, 0.05) is 11.6 Å². The SMILES string of the molecule is CCC(NC(C)C(O)c1cc(F)ccc1F)C(=O)O. The van der Waals surface area contributed by atoms with Crippen LogP contribution in [-0.2, 0) is 4.79 Å². The average molecular weight is 273 g/mol. The second-order valence-electron chi connectivity index (χ2n) is 4.37. The molecule has 1 rings (SSSR count). The Labute approximate surface area is 110 Å². The Kier molecular flexibility index (Phi) is 5.38. The van der Waals surface area contributed by atoms with Crippen LogP contribution in [0.4, 0.5) is 8.78 Å². The molecule has 0 aliphatic carbocycles. The van der Waals surface area contributed by atoms with Crippen molar-refractivity contribution in [1.29, 1.82) is 0 Å². The highest BCUT2D eigenvalue weighted by Crippen LogP contribution is 2.21. The quantitative estimate of drug-likeness (QED) is 0.739. The van der Waals surface area contributed by atoms with E-state index >= 15 is 0 Å². The summed E-state index contributed by atoms with van der Waals surface area (Å²) in [5.74, 6) is -2.44. The van der Waals surface area contributed by atoms with Crippen LogP contribution in [-0.4, -0.2) is 28.3 Å². The number of benzene rings is 1. The molecule has 0 saturated heterocycles. The summed E-state index contributed by atoms with van der Waals surface area (Å²) < 4.78 is 26.5. The highest BCUT2D eigenvalue weighted by Gasteiger charge is 2.25. The van der Waals surface area contributed by atoms with E-state index in [1.54, 1.807) is 6.92 Å². The lowest BCUT2D eigenvalue weighted by Crippen LogP contribution is -2.44. The Morgan fingerprint density at radius 1 is 1.42 bits per heavy atom. The number of aliphatic hydroxyl groups is 1. The zero-order valence-corrected chi connectivity index (χ0v) is 10.7. The number of carbonyl (C=O) groups is 1. The lowest BCUT2D eigenvalue weighted by Gasteiger charge is -2.24. The third kappa shape index (κ3) is 3.97. The van der Waals surface area contributed by atoms with Gasteiger partial charge in [-0.05, 0) is 31.5 Å². The number of hydrogen-bond donors (Lipinski definition) is 3. The van der Waals surface area contributed by atoms with Gasteiger partial charge in [0.05, 0.1) is 6.10 Å². The molecule has 4 nitrogen and oxygen atoms in total. The normalized spacial score (nSPS) is 15.8. The zero-order chi connectivity index (χ0) is 14.6. The maximum Gasteiger partial charge on any atom is 0.320 e. The largest absolute Gasteiger partial charge is 0.480 e. The van der Waals surface area contributed by atoms with Crippen molar-refractivity contribution >= 4 is 5.97 Å². The Morgan fingerprint density at radius 2 is 2.05 bits per heavy atom. The third-order valence-electron chi connectivity index (χ3n) is 2.92. The van der Waals surface area contributed by atoms with E-state index in [2.05, 4.69) is 5.32 Å². The maximum atomic E-state index is 13.5. The summed E-state index contributed by atoms with van der Waals surface area (Å²) >= 11 is 0. The van der Waals surface area contributed by atoms with Crippen LogP contribution in [0.25, 0.3) is 0 Å². The molecule has 0 aliphatic rings. The molecule has 0 aromatic heterocycles. The van der Waals surface area contributed by atoms with Crippen molar-refractivity contribution in [1.82, 2.24) is 5.32 Å². The minimum Gasteiger partial charge on any atom is -0.480 e. The highest BCUT2D eigenvalue weighted by molar-refractivity contribution is 5.73. The molecule has 0 fully saturated rings. The van der Waals surface area contributed by atoms with Crippen LogP contribution in [0.5, 0.6) is 0 Å². The van der Waals surface area contributed by atoms with Gasteiger partial charge in [-0.25, -0.2) is 8.78 Å². The molecule has 0 amide bonds. The number of aliphatic carboxylic acids is 1. The van der Waals surface area contributed by atoms with Crippen LogP contribution >= 0.6 is 0 Å². The van der Waals surface area contributed by atoms with Gasteiger partial charge in [-0.1, -0.05) is 6.92 Å². The van der Waals surface area contributed by atoms with Crippen LogP contribution in [0.15, 0.2) is 18.2 Å². The first-order valence-corrected chi connectivity index (χ1v) is 5.98. The van der Waals surface area contributed by atoms with Crippen molar-refractivity contribution in [3.8, 4) is 0 Å². The molecule has 3 N–H and O–H groups in total. The van der Waals surface area contributed by atoms with E-state index in [9.17, 15) is 18.7 Å². The van der Waals surface area contributed by atoms with Gasteiger partial charge < -0.3 is 10.2 Å². The monoisotopic (exact) mass is 273 g/mol. The molecule has 0 heterocycles. The van der Waals surface area contributed by atoms with Crippen molar-refractivity contribution < 1.29 is 23.8 Å². The predicted octanol–water partition coefficient (Wildman–Crippen LogP) is 1.84. The fourth-order valence-electron chi connectivity index (χ4n) is 1.78. The van der Waals surface area contributed by atoms with E-state index in [-0.39, 0.29) is 5.56 Å². The van der Waals surface area contributed by atoms with Crippen molar-refractivity contribution in [2.45, 2.75) is 38.5 Å². The molecule has 0 saturated carbocycles. The molecule has 6 heteroatoms. The van der Waals surface area contributed by atoms with Crippen LogP contribution in [0.2, 0.25) is 0 Å². The topological polar surface area (TPSA) is 69.6 Å². The first kappa shape index (κ1) is 15.5. The third-order valence-corrected chi connectivity index (χ3v) is 2.92. The number of carboxylic acids is 1. The van der Waals surface area contributed by atoms with E-state index < -0.39 is 35.8 Å². The van der Waals surface area contributed by atoms with E-state index in [4.69, 9.17) is 5.11 Å². The number of carboxylic acid groups (broad SMARTS) is 1. The summed E-state index contributed by atoms with van der Waals surface area (Å²) in [5.41, 5.74) is -0.194. The fourth-order valence-corrected chi connectivity index (χ4v) is 1.78. The van der Waals surface area contributed by atoms with Crippen LogP contribution < -0.4 is 5.32 Å². The summed E-state index contributed by atoms with van der Waals surface area (Å²) in [5, 5.41) is 21.5. The number of aliphatic hydroxyl groups excluding tert-OH is 1. The lowest BCUT2D eigenvalue weighted by molar-refractivity contribution is -0.140. The van der Waals surface area contributed by atoms with Crippen LogP contribution in [0.1, 0.15) is 31.9 Å². The summed E-state index contributed by atoms with van der Waals surface area (Å²) in [7, 11) is 0. The van der Waals surface area contributed by atoms with E-state index in [0.29, 0.717) is 6.42 Å². The van der Waals surface area contributed by atoms with Crippen molar-refractivity contribution in [3.05, 3.63) is 35.4 Å². The first-order chi connectivity index (χ1) is 8.86. The molecule has 0 bridgehead atoms. The van der Waals surface area contributed by atoms with Gasteiger partial charge in [0.25, 0.3) is 0 Å². The average Bonchev–Trinajstić information content (AvgIpc) is 2.37. The maximum absolute atomic E-state index is 13.5. The molecule has 3 unspecified atom stereocenters. The van der Waals surface area contributed by atoms with Crippen LogP contribution in [0.3, 0.4) is 0 Å². The summed E-state index contributed by atoms with van der Waals surface area (Å²) in [6, 6.07) is 1.21. The number of halogens is 2. The molecule has 0 aliphatic heterocycles. The Hall–Kier alpha value is -1.53. The van der Waals surface area contributed by atoms with Gasteiger partial charge in [0.15, 0.2) is 0 Å². The number of nitrogens with one attached hydrogen (secondary N) is 1. The first-order valence-electron chi connectivity index (χ1n) is 5.98. The van der Waals surface area contributed by atoms with E-state index in [1.807, 2.05) is 0 Å². The summed E-state index contributed by atoms with van der Waals surface area (Å²) in [6.07, 6.45) is -1.01. The Bertz CT molecular complexity index is 454. The Balaban J connectivity index is 2.84. The molecule has 19 heavy (non-hydrogen) atoms. The predicted molar refractivity (Wildman–Crippen MR) is 65.6 cm³/mol. The molecule has 1 aromatic rings. The Morgan fingerprint density at radius 3 is 2.58 bits per heavy atom. The molecule has 0 radical (unpaired) electrons. The van der Waals surface area contributed by atoms with E-state index in [0.717, 1.165) is 18.2 Å². The van der Waals surface area contributed by atoms with Crippen molar-refractivity contribution in [3.63, 3.8) is 0 Å². The van der Waals surface area contributed by atoms with Crippen LogP contribution in [0, 0.1) is 11.6 Å². The smallest absolute Gasteiger partial charge is 0.320 e. The van der Waals surface area contributed by atoms with Gasteiger partial charge in [0.1, 0.15) is 17.7 Å². The molecular weight excluding hydrogens is 256 g/mol. The van der Waals surface area contributed by atoms with Crippen molar-refractivity contribution in [2.75, 3.05) is 0 Å². The molecular formula is C13H17F2NO3. The molecule has 3 atom stereocenters. The minimum atomic E-state index is -1.33. The number of hydrogen-bond acceptors (Lipinski definition) is 3. The minimum absolute atomic E-state index is 0.194. The number of rotatable bonds is 6. The van der Waals surface area contributed by atoms with Gasteiger partial charge in [-0.15, -0.1) is 0 Å². The second kappa shape index (κ2) is 6.58. The van der Waals surface area contributed by atoms with Gasteiger partial charge in [0.2, 0.25) is 0 Å². The zero-order valence-electron chi connectivity index (χ0n) is 10.7. The summed E-state index contributed by atoms with van der Waals surface area (Å²) in [6.45, 7) is 3.19. The second-order valence-corrected chi connectivity index (χ2v) is 4.37.